The number of carbonyl (C=O) groups is 2. The van der Waals surface area contributed by atoms with Crippen molar-refractivity contribution in [3.8, 4) is 0 Å². The third-order valence-electron chi connectivity index (χ3n) is 4.22. The van der Waals surface area contributed by atoms with Gasteiger partial charge in [0.15, 0.2) is 0 Å². The Morgan fingerprint density at radius 3 is 1.62 bits per heavy atom. The average Bonchev–Trinajstić information content (AvgIpc) is 2.63. The van der Waals surface area contributed by atoms with Crippen LogP contribution >= 0.6 is 0 Å². The molecule has 0 aromatic heterocycles. The van der Waals surface area contributed by atoms with Crippen molar-refractivity contribution in [2.75, 3.05) is 0 Å². The zero-order chi connectivity index (χ0) is 21.3. The van der Waals surface area contributed by atoms with E-state index in [2.05, 4.69) is 0 Å². The van der Waals surface area contributed by atoms with E-state index in [1.165, 1.54) is 6.07 Å². The van der Waals surface area contributed by atoms with Gasteiger partial charge in [-0.05, 0) is 44.9 Å². The molecule has 1 rings (SSSR count). The van der Waals surface area contributed by atoms with E-state index in [1.54, 1.807) is 13.8 Å². The Hall–Kier alpha value is -0.670. The molecule has 0 spiro atoms. The summed E-state index contributed by atoms with van der Waals surface area (Å²) in [6.07, 6.45) is 4.30. The summed E-state index contributed by atoms with van der Waals surface area (Å²) in [4.78, 5) is 24.2. The van der Waals surface area contributed by atoms with Gasteiger partial charge in [-0.2, -0.15) is 8.42 Å². The van der Waals surface area contributed by atoms with Crippen molar-refractivity contribution in [2.24, 2.45) is 0 Å². The Morgan fingerprint density at radius 1 is 0.931 bits per heavy atom. The second kappa shape index (κ2) is 13.6. The first kappa shape index (κ1) is 28.3. The summed E-state index contributed by atoms with van der Waals surface area (Å²) in [5.41, 5.74) is -0.265. The van der Waals surface area contributed by atoms with Crippen LogP contribution < -0.4 is 0 Å². The zero-order valence-electron chi connectivity index (χ0n) is 19.6. The normalized spacial score (nSPS) is 13.1. The first-order chi connectivity index (χ1) is 13.1. The Balaban J connectivity index is -0.00000261. The van der Waals surface area contributed by atoms with E-state index < -0.39 is 27.0 Å². The molecule has 0 fully saturated rings. The first-order valence-corrected chi connectivity index (χ1v) is 11.1. The van der Waals surface area contributed by atoms with Crippen molar-refractivity contribution >= 4 is 59.8 Å². The van der Waals surface area contributed by atoms with Crippen LogP contribution in [0.5, 0.6) is 0 Å². The van der Waals surface area contributed by atoms with Crippen molar-refractivity contribution in [1.29, 1.82) is 0 Å². The molecule has 29 heavy (non-hydrogen) atoms. The minimum absolute atomic E-state index is 0. The number of hydrogen-bond donors (Lipinski definition) is 1. The molecule has 0 saturated heterocycles. The van der Waals surface area contributed by atoms with Gasteiger partial charge in [-0.1, -0.05) is 39.5 Å². The van der Waals surface area contributed by atoms with Gasteiger partial charge in [-0.25, -0.2) is 9.59 Å². The molecular formula is C20H32CaO7S. The topological polar surface area (TPSA) is 107 Å². The maximum Gasteiger partial charge on any atom is 2.00 e. The summed E-state index contributed by atoms with van der Waals surface area (Å²) in [6.45, 7) is 7.52. The van der Waals surface area contributed by atoms with Gasteiger partial charge in [0, 0.05) is 0 Å². The van der Waals surface area contributed by atoms with Gasteiger partial charge >= 0.3 is 49.7 Å². The maximum absolute atomic E-state index is 12.4. The summed E-state index contributed by atoms with van der Waals surface area (Å²) in [5, 5.41) is 0. The van der Waals surface area contributed by atoms with Gasteiger partial charge in [0.25, 0.3) is 10.1 Å². The van der Waals surface area contributed by atoms with E-state index in [-0.39, 0.29) is 63.9 Å². The van der Waals surface area contributed by atoms with Crippen LogP contribution in [0.2, 0.25) is 0 Å². The Bertz CT molecular complexity index is 741. The zero-order valence-corrected chi connectivity index (χ0v) is 20.7. The molecule has 2 atom stereocenters. The van der Waals surface area contributed by atoms with E-state index in [9.17, 15) is 22.6 Å². The molecule has 1 N–H and O–H groups in total. The number of benzene rings is 1. The fraction of sp³-hybridized carbons (Fsp3) is 0.600. The van der Waals surface area contributed by atoms with Crippen LogP contribution in [0.4, 0.5) is 0 Å². The van der Waals surface area contributed by atoms with Crippen molar-refractivity contribution < 1.29 is 34.9 Å². The number of esters is 2. The van der Waals surface area contributed by atoms with Gasteiger partial charge < -0.3 is 12.3 Å². The summed E-state index contributed by atoms with van der Waals surface area (Å²) >= 11 is 0. The molecule has 1 aromatic rings. The smallest absolute Gasteiger partial charge is 1.00 e. The minimum atomic E-state index is -4.62. The molecule has 0 aliphatic heterocycles. The van der Waals surface area contributed by atoms with Gasteiger partial charge in [0.1, 0.15) is 0 Å². The third-order valence-corrected chi connectivity index (χ3v) is 5.05. The molecular weight excluding hydrogens is 424 g/mol. The Labute approximate surface area is 206 Å². The molecule has 9 heteroatoms. The number of hydrogen-bond acceptors (Lipinski definition) is 6. The van der Waals surface area contributed by atoms with Gasteiger partial charge in [0.2, 0.25) is 0 Å². The second-order valence-electron chi connectivity index (χ2n) is 6.94. The molecule has 0 bridgehead atoms. The summed E-state index contributed by atoms with van der Waals surface area (Å²) < 4.78 is 43.1. The van der Waals surface area contributed by atoms with Crippen molar-refractivity contribution in [3.05, 3.63) is 29.3 Å². The number of ether oxygens (including phenoxy) is 2. The number of carbonyl (C=O) groups excluding carboxylic acids is 2. The minimum Gasteiger partial charge on any atom is -1.00 e. The van der Waals surface area contributed by atoms with E-state index >= 15 is 0 Å². The van der Waals surface area contributed by atoms with Crippen LogP contribution in [-0.4, -0.2) is 74.9 Å². The SMILES string of the molecule is CCCCC(C)OC(=O)c1cc(C(=O)OC(C)CCCC)cc(S(=O)(=O)O)c1.[Ca+2].[H-].[H-]. The molecule has 0 heterocycles. The van der Waals surface area contributed by atoms with Crippen molar-refractivity contribution in [2.45, 2.75) is 83.3 Å². The molecule has 0 aliphatic rings. The molecule has 0 saturated carbocycles. The fourth-order valence-corrected chi connectivity index (χ4v) is 3.14. The van der Waals surface area contributed by atoms with Crippen LogP contribution in [0.1, 0.15) is 89.8 Å². The van der Waals surface area contributed by atoms with Crippen LogP contribution in [-0.2, 0) is 19.6 Å². The van der Waals surface area contributed by atoms with E-state index in [1.807, 2.05) is 13.8 Å². The van der Waals surface area contributed by atoms with Gasteiger partial charge in [-0.15, -0.1) is 0 Å². The van der Waals surface area contributed by atoms with Crippen molar-refractivity contribution in [3.63, 3.8) is 0 Å². The second-order valence-corrected chi connectivity index (χ2v) is 8.36. The molecule has 0 aliphatic carbocycles. The number of rotatable bonds is 11. The monoisotopic (exact) mass is 456 g/mol. The fourth-order valence-electron chi connectivity index (χ4n) is 2.59. The van der Waals surface area contributed by atoms with Crippen molar-refractivity contribution in [1.82, 2.24) is 0 Å². The molecule has 0 amide bonds. The first-order valence-electron chi connectivity index (χ1n) is 9.63. The summed E-state index contributed by atoms with van der Waals surface area (Å²) in [7, 11) is -4.62. The van der Waals surface area contributed by atoms with Crippen LogP contribution in [0.3, 0.4) is 0 Å². The van der Waals surface area contributed by atoms with Crippen LogP contribution in [0.15, 0.2) is 23.1 Å². The standard InChI is InChI=1S/C20H30O7S.Ca.2H/c1-5-7-9-14(3)26-19(21)16-11-17(13-18(12-16)28(23,24)25)20(22)27-15(4)10-8-6-2;;;/h11-15H,5-10H2,1-4H3,(H,23,24,25);;;/q;+2;2*-1. The molecule has 2 unspecified atom stereocenters. The van der Waals surface area contributed by atoms with E-state index in [0.29, 0.717) is 12.8 Å². The Kier molecular flexibility index (Phi) is 13.3. The molecule has 1 aromatic carbocycles. The summed E-state index contributed by atoms with van der Waals surface area (Å²) in [5.74, 6) is -1.52. The predicted octanol–water partition coefficient (Wildman–Crippen LogP) is 4.25. The van der Waals surface area contributed by atoms with E-state index in [0.717, 1.165) is 37.8 Å². The maximum atomic E-state index is 12.4. The molecule has 162 valence electrons. The number of unbranched alkanes of at least 4 members (excludes halogenated alkanes) is 2. The predicted molar refractivity (Wildman–Crippen MR) is 113 cm³/mol. The Morgan fingerprint density at radius 2 is 1.31 bits per heavy atom. The molecule has 7 nitrogen and oxygen atoms in total. The third kappa shape index (κ3) is 10.3. The average molecular weight is 457 g/mol. The van der Waals surface area contributed by atoms with Crippen LogP contribution in [0, 0.1) is 0 Å². The molecule has 0 radical (unpaired) electrons. The van der Waals surface area contributed by atoms with Gasteiger partial charge in [0.05, 0.1) is 28.2 Å². The largest absolute Gasteiger partial charge is 2.00 e. The van der Waals surface area contributed by atoms with E-state index in [4.69, 9.17) is 9.47 Å². The quantitative estimate of drug-likeness (QED) is 0.301. The van der Waals surface area contributed by atoms with Gasteiger partial charge in [-0.3, -0.25) is 4.55 Å². The van der Waals surface area contributed by atoms with Crippen LogP contribution in [0.25, 0.3) is 0 Å². The summed E-state index contributed by atoms with van der Waals surface area (Å²) in [6, 6.07) is 3.20.